The van der Waals surface area contributed by atoms with E-state index in [0.717, 1.165) is 68.8 Å². The lowest BCUT2D eigenvalue weighted by molar-refractivity contribution is 0.0194. The van der Waals surface area contributed by atoms with Crippen molar-refractivity contribution in [3.8, 4) is 0 Å². The van der Waals surface area contributed by atoms with Gasteiger partial charge in [-0.3, -0.25) is 4.90 Å². The molecule has 4 rings (SSSR count). The van der Waals surface area contributed by atoms with Crippen molar-refractivity contribution in [1.29, 1.82) is 0 Å². The second-order valence-corrected chi connectivity index (χ2v) is 6.58. The molecule has 2 fully saturated rings. The Balaban J connectivity index is 1.32. The summed E-state index contributed by atoms with van der Waals surface area (Å²) >= 11 is 0. The van der Waals surface area contributed by atoms with Crippen LogP contribution in [0.15, 0.2) is 30.5 Å². The number of piperazine rings is 1. The molecule has 128 valence electrons. The van der Waals surface area contributed by atoms with Crippen molar-refractivity contribution in [2.75, 3.05) is 44.7 Å². The summed E-state index contributed by atoms with van der Waals surface area (Å²) in [5.74, 6) is 0. The van der Waals surface area contributed by atoms with E-state index in [4.69, 9.17) is 4.74 Å². The molecule has 1 aromatic heterocycles. The third-order valence-corrected chi connectivity index (χ3v) is 5.11. The first-order chi connectivity index (χ1) is 11.8. The van der Waals surface area contributed by atoms with Crippen LogP contribution < -0.4 is 5.32 Å². The number of aromatic nitrogens is 1. The normalized spacial score (nSPS) is 20.4. The highest BCUT2D eigenvalue weighted by Gasteiger charge is 2.27. The number of H-pyrrole nitrogens is 1. The van der Waals surface area contributed by atoms with Crippen LogP contribution >= 0.6 is 0 Å². The first kappa shape index (κ1) is 15.5. The summed E-state index contributed by atoms with van der Waals surface area (Å²) in [7, 11) is 0. The topological polar surface area (TPSA) is 60.6 Å². The summed E-state index contributed by atoms with van der Waals surface area (Å²) in [5, 5.41) is 4.13. The fraction of sp³-hybridized carbons (Fsp3) is 0.500. The zero-order valence-corrected chi connectivity index (χ0v) is 13.8. The van der Waals surface area contributed by atoms with Gasteiger partial charge in [0.15, 0.2) is 0 Å². The van der Waals surface area contributed by atoms with Crippen molar-refractivity contribution < 1.29 is 9.53 Å². The van der Waals surface area contributed by atoms with E-state index in [1.54, 1.807) is 0 Å². The molecule has 0 unspecified atom stereocenters. The molecule has 1 aromatic carbocycles. The van der Waals surface area contributed by atoms with E-state index in [2.05, 4.69) is 15.2 Å². The summed E-state index contributed by atoms with van der Waals surface area (Å²) in [6.45, 7) is 5.22. The average Bonchev–Trinajstić information content (AvgIpc) is 3.10. The first-order valence-corrected chi connectivity index (χ1v) is 8.74. The Morgan fingerprint density at radius 1 is 1.12 bits per heavy atom. The van der Waals surface area contributed by atoms with Crippen molar-refractivity contribution in [1.82, 2.24) is 14.8 Å². The van der Waals surface area contributed by atoms with E-state index in [-0.39, 0.29) is 6.03 Å². The molecule has 2 amide bonds. The van der Waals surface area contributed by atoms with Crippen LogP contribution in [0.25, 0.3) is 10.9 Å². The number of ether oxygens (including phenoxy) is 1. The minimum Gasteiger partial charge on any atom is -0.381 e. The molecule has 2 aliphatic rings. The molecule has 0 atom stereocenters. The number of urea groups is 1. The van der Waals surface area contributed by atoms with Crippen LogP contribution in [-0.2, 0) is 4.74 Å². The zero-order chi connectivity index (χ0) is 16.4. The second kappa shape index (κ2) is 6.83. The van der Waals surface area contributed by atoms with Crippen molar-refractivity contribution >= 4 is 22.6 Å². The van der Waals surface area contributed by atoms with E-state index in [1.165, 1.54) is 0 Å². The highest BCUT2D eigenvalue weighted by Crippen LogP contribution is 2.19. The molecule has 0 bridgehead atoms. The highest BCUT2D eigenvalue weighted by atomic mass is 16.5. The van der Waals surface area contributed by atoms with Gasteiger partial charge in [-0.15, -0.1) is 0 Å². The summed E-state index contributed by atoms with van der Waals surface area (Å²) in [6.07, 6.45) is 4.14. The lowest BCUT2D eigenvalue weighted by Gasteiger charge is -2.40. The van der Waals surface area contributed by atoms with Gasteiger partial charge in [0.05, 0.1) is 0 Å². The number of hydrogen-bond donors (Lipinski definition) is 2. The molecule has 2 N–H and O–H groups in total. The number of hydrogen-bond acceptors (Lipinski definition) is 3. The lowest BCUT2D eigenvalue weighted by Crippen LogP contribution is -2.53. The minimum absolute atomic E-state index is 0.00323. The molecule has 0 radical (unpaired) electrons. The Bertz CT molecular complexity index is 700. The predicted molar refractivity (Wildman–Crippen MR) is 94.3 cm³/mol. The molecule has 0 spiro atoms. The number of amides is 2. The largest absolute Gasteiger partial charge is 0.381 e. The Kier molecular flexibility index (Phi) is 4.40. The number of anilines is 1. The van der Waals surface area contributed by atoms with Gasteiger partial charge in [-0.05, 0) is 37.1 Å². The second-order valence-electron chi connectivity index (χ2n) is 6.58. The molecule has 3 heterocycles. The SMILES string of the molecule is O=C(Nc1ccc2[nH]ccc2c1)N1CCN(C2CCOCC2)CC1. The smallest absolute Gasteiger partial charge is 0.321 e. The van der Waals surface area contributed by atoms with E-state index in [1.807, 2.05) is 35.4 Å². The van der Waals surface area contributed by atoms with Crippen LogP contribution in [0.4, 0.5) is 10.5 Å². The van der Waals surface area contributed by atoms with Crippen LogP contribution in [0.3, 0.4) is 0 Å². The zero-order valence-electron chi connectivity index (χ0n) is 13.8. The maximum Gasteiger partial charge on any atom is 0.321 e. The average molecular weight is 328 g/mol. The van der Waals surface area contributed by atoms with Crippen molar-refractivity contribution in [3.63, 3.8) is 0 Å². The molecule has 2 aromatic rings. The van der Waals surface area contributed by atoms with E-state index in [0.29, 0.717) is 6.04 Å². The summed E-state index contributed by atoms with van der Waals surface area (Å²) in [6, 6.07) is 8.57. The molecular formula is C18H24N4O2. The fourth-order valence-corrected chi connectivity index (χ4v) is 3.67. The number of nitrogens with one attached hydrogen (secondary N) is 2. The Hall–Kier alpha value is -2.05. The third kappa shape index (κ3) is 3.25. The van der Waals surface area contributed by atoms with Gasteiger partial charge in [0, 0.05) is 68.2 Å². The molecule has 6 nitrogen and oxygen atoms in total. The van der Waals surface area contributed by atoms with Crippen LogP contribution in [0, 0.1) is 0 Å². The van der Waals surface area contributed by atoms with Crippen molar-refractivity contribution in [2.24, 2.45) is 0 Å². The highest BCUT2D eigenvalue weighted by molar-refractivity contribution is 5.92. The number of carbonyl (C=O) groups is 1. The van der Waals surface area contributed by atoms with Crippen LogP contribution in [-0.4, -0.2) is 66.2 Å². The lowest BCUT2D eigenvalue weighted by atomic mass is 10.1. The molecule has 2 aliphatic heterocycles. The van der Waals surface area contributed by atoms with Crippen LogP contribution in [0.1, 0.15) is 12.8 Å². The van der Waals surface area contributed by atoms with Crippen LogP contribution in [0.2, 0.25) is 0 Å². The fourth-order valence-electron chi connectivity index (χ4n) is 3.67. The summed E-state index contributed by atoms with van der Waals surface area (Å²) < 4.78 is 5.44. The van der Waals surface area contributed by atoms with Crippen molar-refractivity contribution in [2.45, 2.75) is 18.9 Å². The number of nitrogens with zero attached hydrogens (tertiary/aromatic N) is 2. The van der Waals surface area contributed by atoms with Gasteiger partial charge in [-0.1, -0.05) is 0 Å². The Morgan fingerprint density at radius 3 is 2.71 bits per heavy atom. The predicted octanol–water partition coefficient (Wildman–Crippen LogP) is 2.50. The Morgan fingerprint density at radius 2 is 1.92 bits per heavy atom. The quantitative estimate of drug-likeness (QED) is 0.890. The van der Waals surface area contributed by atoms with Gasteiger partial charge in [0.25, 0.3) is 0 Å². The molecule has 0 saturated carbocycles. The number of carbonyl (C=O) groups excluding carboxylic acids is 1. The van der Waals surface area contributed by atoms with Crippen LogP contribution in [0.5, 0.6) is 0 Å². The number of fused-ring (bicyclic) bond motifs is 1. The van der Waals surface area contributed by atoms with E-state index >= 15 is 0 Å². The van der Waals surface area contributed by atoms with Gasteiger partial charge in [-0.25, -0.2) is 4.79 Å². The maximum atomic E-state index is 12.5. The molecule has 0 aliphatic carbocycles. The number of rotatable bonds is 2. The molecule has 24 heavy (non-hydrogen) atoms. The van der Waals surface area contributed by atoms with Crippen molar-refractivity contribution in [3.05, 3.63) is 30.5 Å². The summed E-state index contributed by atoms with van der Waals surface area (Å²) in [4.78, 5) is 20.1. The standard InChI is InChI=1S/C18H24N4O2/c23-18(20-15-1-2-17-14(13-15)3-6-19-17)22-9-7-21(8-10-22)16-4-11-24-12-5-16/h1-3,6,13,16,19H,4-5,7-12H2,(H,20,23). The van der Waals surface area contributed by atoms with Gasteiger partial charge in [0.1, 0.15) is 0 Å². The van der Waals surface area contributed by atoms with Gasteiger partial charge in [0.2, 0.25) is 0 Å². The first-order valence-electron chi connectivity index (χ1n) is 8.74. The minimum atomic E-state index is -0.00323. The monoisotopic (exact) mass is 328 g/mol. The Labute approximate surface area is 141 Å². The number of aromatic amines is 1. The maximum absolute atomic E-state index is 12.5. The third-order valence-electron chi connectivity index (χ3n) is 5.11. The molecular weight excluding hydrogens is 304 g/mol. The molecule has 2 saturated heterocycles. The van der Waals surface area contributed by atoms with E-state index in [9.17, 15) is 4.79 Å². The van der Waals surface area contributed by atoms with Gasteiger partial charge in [-0.2, -0.15) is 0 Å². The van der Waals surface area contributed by atoms with Gasteiger partial charge < -0.3 is 19.9 Å². The summed E-state index contributed by atoms with van der Waals surface area (Å²) in [5.41, 5.74) is 1.93. The molecule has 6 heteroatoms. The van der Waals surface area contributed by atoms with E-state index < -0.39 is 0 Å². The number of benzene rings is 1. The van der Waals surface area contributed by atoms with Gasteiger partial charge >= 0.3 is 6.03 Å².